The summed E-state index contributed by atoms with van der Waals surface area (Å²) in [6.45, 7) is 4.16. The van der Waals surface area contributed by atoms with Gasteiger partial charge in [0.2, 0.25) is 0 Å². The summed E-state index contributed by atoms with van der Waals surface area (Å²) in [7, 11) is 0. The molecule has 6 nitrogen and oxygen atoms in total. The highest BCUT2D eigenvalue weighted by atomic mass is 35.5. The molecule has 0 radical (unpaired) electrons. The predicted octanol–water partition coefficient (Wildman–Crippen LogP) is 2.21. The van der Waals surface area contributed by atoms with Gasteiger partial charge in [0.1, 0.15) is 12.0 Å². The van der Waals surface area contributed by atoms with Crippen LogP contribution in [0.4, 0.5) is 11.5 Å². The molecule has 0 saturated carbocycles. The largest absolute Gasteiger partial charge is 0.367 e. The Balaban J connectivity index is 0.00000256. The van der Waals surface area contributed by atoms with E-state index in [-0.39, 0.29) is 23.1 Å². The van der Waals surface area contributed by atoms with Crippen LogP contribution in [0.2, 0.25) is 5.02 Å². The second kappa shape index (κ2) is 6.00. The van der Waals surface area contributed by atoms with Gasteiger partial charge in [-0.3, -0.25) is 10.1 Å². The Morgan fingerprint density at radius 1 is 1.65 bits per heavy atom. The van der Waals surface area contributed by atoms with Crippen molar-refractivity contribution in [1.82, 2.24) is 4.98 Å². The molecule has 0 amide bonds. The summed E-state index contributed by atoms with van der Waals surface area (Å²) in [5.74, 6) is 0.394. The quantitative estimate of drug-likeness (QED) is 0.651. The summed E-state index contributed by atoms with van der Waals surface area (Å²) in [6, 6.07) is 1.25. The third-order valence-electron chi connectivity index (χ3n) is 1.75. The zero-order chi connectivity index (χ0) is 12.3. The first kappa shape index (κ1) is 15.9. The number of nitro groups is 1. The number of nitrogens with one attached hydrogen (secondary N) is 1. The van der Waals surface area contributed by atoms with Crippen LogP contribution in [0.25, 0.3) is 0 Å². The van der Waals surface area contributed by atoms with Gasteiger partial charge in [-0.2, -0.15) is 0 Å². The average Bonchev–Trinajstić information content (AvgIpc) is 2.14. The van der Waals surface area contributed by atoms with Crippen LogP contribution in [0, 0.1) is 10.1 Å². The van der Waals surface area contributed by atoms with Crippen LogP contribution in [0.1, 0.15) is 13.8 Å². The summed E-state index contributed by atoms with van der Waals surface area (Å²) in [5.41, 5.74) is 5.22. The third-order valence-corrected chi connectivity index (χ3v) is 2.04. The van der Waals surface area contributed by atoms with Crippen molar-refractivity contribution < 1.29 is 4.92 Å². The third kappa shape index (κ3) is 5.16. The van der Waals surface area contributed by atoms with Crippen LogP contribution in [-0.4, -0.2) is 22.0 Å². The molecule has 0 aliphatic carbocycles. The van der Waals surface area contributed by atoms with Crippen LogP contribution in [-0.2, 0) is 0 Å². The lowest BCUT2D eigenvalue weighted by Crippen LogP contribution is -2.39. The molecule has 3 N–H and O–H groups in total. The number of nitrogens with zero attached hydrogens (tertiary/aromatic N) is 2. The van der Waals surface area contributed by atoms with Crippen molar-refractivity contribution in [2.24, 2.45) is 5.73 Å². The van der Waals surface area contributed by atoms with Crippen molar-refractivity contribution in [3.8, 4) is 0 Å². The van der Waals surface area contributed by atoms with Gasteiger partial charge in [-0.1, -0.05) is 11.6 Å². The number of hydrogen-bond acceptors (Lipinski definition) is 5. The van der Waals surface area contributed by atoms with Gasteiger partial charge in [0, 0.05) is 18.2 Å². The number of pyridine rings is 1. The van der Waals surface area contributed by atoms with E-state index in [2.05, 4.69) is 10.3 Å². The van der Waals surface area contributed by atoms with Crippen molar-refractivity contribution in [1.29, 1.82) is 0 Å². The summed E-state index contributed by atoms with van der Waals surface area (Å²) in [5, 5.41) is 13.6. The van der Waals surface area contributed by atoms with Crippen molar-refractivity contribution in [3.05, 3.63) is 27.4 Å². The fourth-order valence-electron chi connectivity index (χ4n) is 0.969. The second-order valence-corrected chi connectivity index (χ2v) is 4.53. The maximum atomic E-state index is 10.4. The smallest absolute Gasteiger partial charge is 0.289 e. The van der Waals surface area contributed by atoms with Crippen LogP contribution in [0.15, 0.2) is 12.3 Å². The minimum atomic E-state index is -0.546. The molecule has 0 aromatic carbocycles. The van der Waals surface area contributed by atoms with Crippen molar-refractivity contribution in [2.45, 2.75) is 19.4 Å². The highest BCUT2D eigenvalue weighted by molar-refractivity contribution is 6.33. The molecule has 1 aromatic rings. The maximum Gasteiger partial charge on any atom is 0.289 e. The minimum absolute atomic E-state index is 0. The number of halogens is 2. The van der Waals surface area contributed by atoms with E-state index in [1.54, 1.807) is 0 Å². The molecule has 1 rings (SSSR count). The molecule has 1 aromatic heterocycles. The monoisotopic (exact) mass is 280 g/mol. The molecule has 8 heteroatoms. The lowest BCUT2D eigenvalue weighted by atomic mass is 10.1. The van der Waals surface area contributed by atoms with Gasteiger partial charge in [0.25, 0.3) is 5.69 Å². The minimum Gasteiger partial charge on any atom is -0.367 e. The Bertz CT molecular complexity index is 406. The molecule has 0 atom stereocenters. The molecule has 0 spiro atoms. The van der Waals surface area contributed by atoms with Crippen LogP contribution in [0.3, 0.4) is 0 Å². The van der Waals surface area contributed by atoms with Crippen molar-refractivity contribution >= 4 is 35.5 Å². The number of anilines is 1. The van der Waals surface area contributed by atoms with E-state index < -0.39 is 10.5 Å². The van der Waals surface area contributed by atoms with E-state index in [9.17, 15) is 10.1 Å². The standard InChI is InChI=1S/C9H13ClN4O2.ClH/c1-9(2,11)5-13-8-7(10)3-6(4-12-8)14(15)16;/h3-4H,5,11H2,1-2H3,(H,12,13);1H. The molecule has 0 aliphatic heterocycles. The first-order valence-electron chi connectivity index (χ1n) is 4.62. The molecular formula is C9H14Cl2N4O2. The number of hydrogen-bond donors (Lipinski definition) is 2. The fraction of sp³-hybridized carbons (Fsp3) is 0.444. The summed E-state index contributed by atoms with van der Waals surface area (Å²) >= 11 is 5.83. The first-order chi connectivity index (χ1) is 7.29. The molecular weight excluding hydrogens is 267 g/mol. The van der Waals surface area contributed by atoms with Gasteiger partial charge in [-0.15, -0.1) is 12.4 Å². The summed E-state index contributed by atoms with van der Waals surface area (Å²) < 4.78 is 0. The second-order valence-electron chi connectivity index (χ2n) is 4.12. The zero-order valence-corrected chi connectivity index (χ0v) is 11.0. The highest BCUT2D eigenvalue weighted by Gasteiger charge is 2.14. The molecule has 1 heterocycles. The van der Waals surface area contributed by atoms with Gasteiger partial charge in [0.15, 0.2) is 0 Å². The Morgan fingerprint density at radius 2 is 2.24 bits per heavy atom. The maximum absolute atomic E-state index is 10.4. The SMILES string of the molecule is CC(C)(N)CNc1ncc([N+](=O)[O-])cc1Cl.Cl. The molecule has 0 aliphatic rings. The molecule has 0 unspecified atom stereocenters. The first-order valence-corrected chi connectivity index (χ1v) is 5.00. The Kier molecular flexibility index (Phi) is 5.60. The van der Waals surface area contributed by atoms with E-state index in [1.807, 2.05) is 13.8 Å². The van der Waals surface area contributed by atoms with Crippen molar-refractivity contribution in [2.75, 3.05) is 11.9 Å². The normalized spacial score (nSPS) is 10.6. The average molecular weight is 281 g/mol. The summed E-state index contributed by atoms with van der Waals surface area (Å²) in [6.07, 6.45) is 1.15. The van der Waals surface area contributed by atoms with Crippen LogP contribution < -0.4 is 11.1 Å². The number of nitrogens with two attached hydrogens (primary N) is 1. The van der Waals surface area contributed by atoms with Gasteiger partial charge in [-0.25, -0.2) is 4.98 Å². The van der Waals surface area contributed by atoms with E-state index in [0.717, 1.165) is 6.20 Å². The topological polar surface area (TPSA) is 94.1 Å². The van der Waals surface area contributed by atoms with E-state index in [1.165, 1.54) is 6.07 Å². The highest BCUT2D eigenvalue weighted by Crippen LogP contribution is 2.23. The van der Waals surface area contributed by atoms with Crippen LogP contribution in [0.5, 0.6) is 0 Å². The molecule has 0 fully saturated rings. The Hall–Kier alpha value is -1.11. The fourth-order valence-corrected chi connectivity index (χ4v) is 1.20. The molecule has 0 bridgehead atoms. The molecule has 17 heavy (non-hydrogen) atoms. The van der Waals surface area contributed by atoms with E-state index >= 15 is 0 Å². The lowest BCUT2D eigenvalue weighted by molar-refractivity contribution is -0.385. The Morgan fingerprint density at radius 3 is 2.65 bits per heavy atom. The van der Waals surface area contributed by atoms with Gasteiger partial charge in [0.05, 0.1) is 9.95 Å². The number of rotatable bonds is 4. The van der Waals surface area contributed by atoms with E-state index in [0.29, 0.717) is 12.4 Å². The number of aromatic nitrogens is 1. The van der Waals surface area contributed by atoms with Gasteiger partial charge in [-0.05, 0) is 13.8 Å². The predicted molar refractivity (Wildman–Crippen MR) is 69.9 cm³/mol. The van der Waals surface area contributed by atoms with Crippen molar-refractivity contribution in [3.63, 3.8) is 0 Å². The molecule has 0 saturated heterocycles. The van der Waals surface area contributed by atoms with Gasteiger partial charge < -0.3 is 11.1 Å². The zero-order valence-electron chi connectivity index (χ0n) is 9.44. The molecule has 96 valence electrons. The van der Waals surface area contributed by atoms with Crippen LogP contribution >= 0.6 is 24.0 Å². The Labute approximate surface area is 110 Å². The summed E-state index contributed by atoms with van der Waals surface area (Å²) in [4.78, 5) is 13.8. The van der Waals surface area contributed by atoms with Gasteiger partial charge >= 0.3 is 0 Å². The van der Waals surface area contributed by atoms with E-state index in [4.69, 9.17) is 17.3 Å². The lowest BCUT2D eigenvalue weighted by Gasteiger charge is -2.19.